The Balaban J connectivity index is 2.55. The van der Waals surface area contributed by atoms with Crippen LogP contribution in [0.2, 0.25) is 0 Å². The molecule has 0 amide bonds. The second-order valence-corrected chi connectivity index (χ2v) is 5.57. The van der Waals surface area contributed by atoms with Gasteiger partial charge in [0.1, 0.15) is 5.82 Å². The fourth-order valence-corrected chi connectivity index (χ4v) is 2.59. The third-order valence-corrected chi connectivity index (χ3v) is 3.48. The van der Waals surface area contributed by atoms with Crippen molar-refractivity contribution in [2.45, 2.75) is 30.8 Å². The molecule has 0 saturated heterocycles. The van der Waals surface area contributed by atoms with Crippen molar-refractivity contribution >= 4 is 19.7 Å². The van der Waals surface area contributed by atoms with E-state index in [2.05, 4.69) is 4.98 Å². The summed E-state index contributed by atoms with van der Waals surface area (Å²) in [6.45, 7) is 0.705. The quantitative estimate of drug-likeness (QED) is 0.667. The molecule has 0 spiro atoms. The average molecular weight is 221 g/mol. The van der Waals surface area contributed by atoms with Crippen molar-refractivity contribution in [3.63, 3.8) is 0 Å². The summed E-state index contributed by atoms with van der Waals surface area (Å²) in [5, 5.41) is 0.129. The summed E-state index contributed by atoms with van der Waals surface area (Å²) in [6.07, 6.45) is 4.23. The van der Waals surface area contributed by atoms with Gasteiger partial charge in [-0.2, -0.15) is 0 Å². The van der Waals surface area contributed by atoms with E-state index in [0.29, 0.717) is 6.54 Å². The van der Waals surface area contributed by atoms with Gasteiger partial charge in [0.25, 0.3) is 9.05 Å². The molecule has 1 aliphatic heterocycles. The Bertz CT molecular complexity index is 424. The van der Waals surface area contributed by atoms with Gasteiger partial charge in [-0.05, 0) is 12.8 Å². The van der Waals surface area contributed by atoms with Gasteiger partial charge in [0, 0.05) is 23.6 Å². The van der Waals surface area contributed by atoms with E-state index < -0.39 is 9.05 Å². The maximum absolute atomic E-state index is 11.1. The molecule has 72 valence electrons. The number of rotatable bonds is 1. The molecule has 1 aliphatic rings. The van der Waals surface area contributed by atoms with Gasteiger partial charge in [-0.25, -0.2) is 13.4 Å². The maximum atomic E-state index is 11.1. The summed E-state index contributed by atoms with van der Waals surface area (Å²) in [4.78, 5) is 4.02. The monoisotopic (exact) mass is 220 g/mol. The highest BCUT2D eigenvalue weighted by Crippen LogP contribution is 2.21. The molecule has 0 radical (unpaired) electrons. The topological polar surface area (TPSA) is 52.0 Å². The van der Waals surface area contributed by atoms with E-state index in [1.807, 2.05) is 0 Å². The molecule has 0 bridgehead atoms. The zero-order valence-electron chi connectivity index (χ0n) is 6.90. The van der Waals surface area contributed by atoms with Crippen molar-refractivity contribution in [2.24, 2.45) is 0 Å². The van der Waals surface area contributed by atoms with E-state index in [0.717, 1.165) is 25.1 Å². The van der Waals surface area contributed by atoms with E-state index in [1.165, 1.54) is 6.20 Å². The molecule has 6 heteroatoms. The average Bonchev–Trinajstić information content (AvgIpc) is 2.45. The van der Waals surface area contributed by atoms with Crippen molar-refractivity contribution in [3.05, 3.63) is 12.0 Å². The maximum Gasteiger partial charge on any atom is 0.278 e. The Hall–Kier alpha value is -0.550. The molecule has 0 aromatic carbocycles. The minimum Gasteiger partial charge on any atom is -0.318 e. The van der Waals surface area contributed by atoms with E-state index in [1.54, 1.807) is 4.57 Å². The van der Waals surface area contributed by atoms with E-state index >= 15 is 0 Å². The first kappa shape index (κ1) is 9.02. The molecule has 0 aliphatic carbocycles. The number of aromatic nitrogens is 2. The highest BCUT2D eigenvalue weighted by molar-refractivity contribution is 8.13. The van der Waals surface area contributed by atoms with Crippen LogP contribution in [0, 0.1) is 0 Å². The number of hydrogen-bond donors (Lipinski definition) is 0. The first-order valence-corrected chi connectivity index (χ1v) is 6.39. The molecular weight excluding hydrogens is 212 g/mol. The van der Waals surface area contributed by atoms with Crippen molar-refractivity contribution in [1.82, 2.24) is 9.55 Å². The van der Waals surface area contributed by atoms with Gasteiger partial charge in [0.2, 0.25) is 0 Å². The van der Waals surface area contributed by atoms with Crippen molar-refractivity contribution in [2.75, 3.05) is 0 Å². The predicted octanol–water partition coefficient (Wildman–Crippen LogP) is 1.15. The fraction of sp³-hybridized carbons (Fsp3) is 0.571. The van der Waals surface area contributed by atoms with Crippen LogP contribution in [0.5, 0.6) is 0 Å². The molecule has 2 rings (SSSR count). The third-order valence-electron chi connectivity index (χ3n) is 2.18. The zero-order chi connectivity index (χ0) is 9.47. The summed E-state index contributed by atoms with van der Waals surface area (Å²) in [5.41, 5.74) is 0. The second kappa shape index (κ2) is 2.99. The number of hydrogen-bond acceptors (Lipinski definition) is 3. The van der Waals surface area contributed by atoms with Gasteiger partial charge in [0.15, 0.2) is 5.03 Å². The molecule has 1 aromatic rings. The molecule has 2 heterocycles. The number of imidazole rings is 1. The van der Waals surface area contributed by atoms with Gasteiger partial charge in [-0.15, -0.1) is 0 Å². The largest absolute Gasteiger partial charge is 0.318 e. The molecule has 0 saturated carbocycles. The van der Waals surface area contributed by atoms with Crippen LogP contribution in [0.15, 0.2) is 11.2 Å². The van der Waals surface area contributed by atoms with Crippen LogP contribution in [-0.4, -0.2) is 18.0 Å². The Morgan fingerprint density at radius 1 is 1.46 bits per heavy atom. The Morgan fingerprint density at radius 3 is 2.92 bits per heavy atom. The summed E-state index contributed by atoms with van der Waals surface area (Å²) < 4.78 is 23.8. The summed E-state index contributed by atoms with van der Waals surface area (Å²) in [7, 11) is 1.62. The number of aryl methyl sites for hydroxylation is 1. The van der Waals surface area contributed by atoms with Crippen LogP contribution >= 0.6 is 10.7 Å². The highest BCUT2D eigenvalue weighted by atomic mass is 35.7. The molecule has 0 N–H and O–H groups in total. The number of nitrogens with zero attached hydrogens (tertiary/aromatic N) is 2. The van der Waals surface area contributed by atoms with Crippen molar-refractivity contribution in [3.8, 4) is 0 Å². The van der Waals surface area contributed by atoms with Crippen LogP contribution in [0.3, 0.4) is 0 Å². The lowest BCUT2D eigenvalue weighted by molar-refractivity contribution is 0.490. The smallest absolute Gasteiger partial charge is 0.278 e. The lowest BCUT2D eigenvalue weighted by atomic mass is 10.2. The van der Waals surface area contributed by atoms with Gasteiger partial charge in [-0.3, -0.25) is 0 Å². The predicted molar refractivity (Wildman–Crippen MR) is 48.2 cm³/mol. The van der Waals surface area contributed by atoms with Gasteiger partial charge in [0.05, 0.1) is 6.20 Å². The summed E-state index contributed by atoms with van der Waals surface area (Å²) in [6, 6.07) is 0. The Morgan fingerprint density at radius 2 is 2.23 bits per heavy atom. The molecule has 1 aromatic heterocycles. The molecule has 0 fully saturated rings. The van der Waals surface area contributed by atoms with Crippen LogP contribution in [-0.2, 0) is 22.0 Å². The minimum absolute atomic E-state index is 0.129. The highest BCUT2D eigenvalue weighted by Gasteiger charge is 2.21. The Kier molecular flexibility index (Phi) is 2.08. The van der Waals surface area contributed by atoms with E-state index in [-0.39, 0.29) is 5.03 Å². The Labute approximate surface area is 81.0 Å². The fourth-order valence-electron chi connectivity index (χ4n) is 1.58. The van der Waals surface area contributed by atoms with Crippen molar-refractivity contribution in [1.29, 1.82) is 0 Å². The van der Waals surface area contributed by atoms with Crippen LogP contribution in [0.4, 0.5) is 0 Å². The zero-order valence-corrected chi connectivity index (χ0v) is 8.48. The third kappa shape index (κ3) is 1.58. The molecular formula is C7H9ClN2O2S. The standard InChI is InChI=1S/C7H9ClN2O2S/c8-13(11,12)7-5-9-6-3-1-2-4-10(6)7/h5H,1-4H2. The molecule has 4 nitrogen and oxygen atoms in total. The first-order valence-electron chi connectivity index (χ1n) is 4.08. The molecule has 13 heavy (non-hydrogen) atoms. The van der Waals surface area contributed by atoms with Crippen molar-refractivity contribution < 1.29 is 8.42 Å². The lowest BCUT2D eigenvalue weighted by Gasteiger charge is -2.14. The van der Waals surface area contributed by atoms with Gasteiger partial charge < -0.3 is 4.57 Å². The minimum atomic E-state index is -3.63. The van der Waals surface area contributed by atoms with Gasteiger partial charge >= 0.3 is 0 Å². The summed E-state index contributed by atoms with van der Waals surface area (Å²) >= 11 is 0. The molecule has 0 atom stereocenters. The van der Waals surface area contributed by atoms with Crippen LogP contribution in [0.25, 0.3) is 0 Å². The first-order chi connectivity index (χ1) is 6.09. The van der Waals surface area contributed by atoms with Gasteiger partial charge in [-0.1, -0.05) is 0 Å². The lowest BCUT2D eigenvalue weighted by Crippen LogP contribution is -2.13. The van der Waals surface area contributed by atoms with Crippen LogP contribution in [0.1, 0.15) is 18.7 Å². The van der Waals surface area contributed by atoms with E-state index in [4.69, 9.17) is 10.7 Å². The SMILES string of the molecule is O=S(=O)(Cl)c1cnc2n1CCCC2. The normalized spacial score (nSPS) is 17.0. The second-order valence-electron chi connectivity index (χ2n) is 3.06. The number of fused-ring (bicyclic) bond motifs is 1. The summed E-state index contributed by atoms with van der Waals surface area (Å²) in [5.74, 6) is 0.825. The molecule has 0 unspecified atom stereocenters. The number of halogens is 1. The van der Waals surface area contributed by atoms with Crippen LogP contribution < -0.4 is 0 Å². The van der Waals surface area contributed by atoms with E-state index in [9.17, 15) is 8.42 Å².